The number of hydrogen-bond acceptors (Lipinski definition) is 4. The van der Waals surface area contributed by atoms with Crippen molar-refractivity contribution in [3.8, 4) is 5.75 Å². The topological polar surface area (TPSA) is 34.2 Å². The summed E-state index contributed by atoms with van der Waals surface area (Å²) in [5, 5.41) is 6.88. The molecule has 2 atom stereocenters. The van der Waals surface area contributed by atoms with Crippen molar-refractivity contribution in [1.82, 2.24) is 10.3 Å². The Morgan fingerprint density at radius 2 is 2.14 bits per heavy atom. The fraction of sp³-hybridized carbons (Fsp3) is 0.471. The molecule has 2 aromatic rings. The molecular formula is C17H22N2OS. The van der Waals surface area contributed by atoms with Gasteiger partial charge in [-0.05, 0) is 19.0 Å². The zero-order valence-corrected chi connectivity index (χ0v) is 13.8. The van der Waals surface area contributed by atoms with E-state index in [2.05, 4.69) is 43.6 Å². The maximum absolute atomic E-state index is 5.91. The number of thiazole rings is 1. The maximum atomic E-state index is 5.91. The smallest absolute Gasteiger partial charge is 0.124 e. The fourth-order valence-electron chi connectivity index (χ4n) is 3.07. The molecule has 3 rings (SSSR count). The molecular weight excluding hydrogens is 280 g/mol. The molecule has 112 valence electrons. The molecule has 2 unspecified atom stereocenters. The average molecular weight is 302 g/mol. The second-order valence-corrected chi connectivity index (χ2v) is 6.86. The van der Waals surface area contributed by atoms with Crippen LogP contribution in [0.25, 0.3) is 0 Å². The Kier molecular flexibility index (Phi) is 3.76. The van der Waals surface area contributed by atoms with Crippen molar-refractivity contribution in [1.29, 1.82) is 0 Å². The van der Waals surface area contributed by atoms with Crippen molar-refractivity contribution in [2.75, 3.05) is 13.7 Å². The van der Waals surface area contributed by atoms with E-state index in [9.17, 15) is 0 Å². The third-order valence-electron chi connectivity index (χ3n) is 4.39. The van der Waals surface area contributed by atoms with E-state index >= 15 is 0 Å². The summed E-state index contributed by atoms with van der Waals surface area (Å²) in [7, 11) is 2.02. The predicted molar refractivity (Wildman–Crippen MR) is 87.1 cm³/mol. The minimum atomic E-state index is -0.257. The van der Waals surface area contributed by atoms with Gasteiger partial charge in [0.25, 0.3) is 0 Å². The first kappa shape index (κ1) is 14.5. The van der Waals surface area contributed by atoms with E-state index in [4.69, 9.17) is 9.72 Å². The van der Waals surface area contributed by atoms with Gasteiger partial charge in [-0.15, -0.1) is 11.3 Å². The van der Waals surface area contributed by atoms with Crippen LogP contribution in [0.1, 0.15) is 43.0 Å². The lowest BCUT2D eigenvalue weighted by atomic mass is 9.77. The fourth-order valence-corrected chi connectivity index (χ4v) is 4.38. The Morgan fingerprint density at radius 1 is 1.38 bits per heavy atom. The van der Waals surface area contributed by atoms with E-state index in [1.165, 1.54) is 11.3 Å². The molecule has 1 aliphatic heterocycles. The highest BCUT2D eigenvalue weighted by atomic mass is 32.1. The van der Waals surface area contributed by atoms with Crippen LogP contribution in [0, 0.1) is 5.92 Å². The SMILES string of the molecule is CNC1(c2nc(C(C)C)cs2)c2ccccc2OCC1C. The van der Waals surface area contributed by atoms with Gasteiger partial charge in [-0.1, -0.05) is 39.0 Å². The number of hydrogen-bond donors (Lipinski definition) is 1. The Balaban J connectivity index is 2.18. The van der Waals surface area contributed by atoms with Crippen LogP contribution in [0.2, 0.25) is 0 Å². The van der Waals surface area contributed by atoms with Crippen molar-refractivity contribution in [2.24, 2.45) is 5.92 Å². The van der Waals surface area contributed by atoms with Gasteiger partial charge in [0, 0.05) is 16.9 Å². The van der Waals surface area contributed by atoms with Crippen LogP contribution in [0.3, 0.4) is 0 Å². The van der Waals surface area contributed by atoms with Crippen molar-refractivity contribution < 1.29 is 4.74 Å². The minimum Gasteiger partial charge on any atom is -0.493 e. The second kappa shape index (κ2) is 5.43. The maximum Gasteiger partial charge on any atom is 0.124 e. The van der Waals surface area contributed by atoms with Crippen molar-refractivity contribution in [3.63, 3.8) is 0 Å². The lowest BCUT2D eigenvalue weighted by molar-refractivity contribution is 0.146. The summed E-state index contributed by atoms with van der Waals surface area (Å²) in [6, 6.07) is 8.29. The van der Waals surface area contributed by atoms with Gasteiger partial charge >= 0.3 is 0 Å². The number of nitrogens with one attached hydrogen (secondary N) is 1. The summed E-state index contributed by atoms with van der Waals surface area (Å²) < 4.78 is 5.91. The molecule has 2 heterocycles. The number of para-hydroxylation sites is 1. The zero-order valence-electron chi connectivity index (χ0n) is 13.0. The Hall–Kier alpha value is -1.39. The molecule has 0 aliphatic carbocycles. The van der Waals surface area contributed by atoms with Gasteiger partial charge in [0.2, 0.25) is 0 Å². The summed E-state index contributed by atoms with van der Waals surface area (Å²) >= 11 is 1.75. The molecule has 4 heteroatoms. The van der Waals surface area contributed by atoms with Gasteiger partial charge < -0.3 is 10.1 Å². The molecule has 1 aromatic carbocycles. The van der Waals surface area contributed by atoms with Crippen LogP contribution >= 0.6 is 11.3 Å². The summed E-state index contributed by atoms with van der Waals surface area (Å²) in [6.45, 7) is 7.30. The first-order valence-corrected chi connectivity index (χ1v) is 8.34. The highest BCUT2D eigenvalue weighted by molar-refractivity contribution is 7.09. The number of fused-ring (bicyclic) bond motifs is 1. The first-order valence-electron chi connectivity index (χ1n) is 7.46. The van der Waals surface area contributed by atoms with Gasteiger partial charge in [-0.25, -0.2) is 4.98 Å². The molecule has 0 spiro atoms. The molecule has 0 saturated carbocycles. The number of nitrogens with zero attached hydrogens (tertiary/aromatic N) is 1. The standard InChI is InChI=1S/C17H22N2OS/c1-11(2)14-10-21-16(19-14)17(18-4)12(3)9-20-15-8-6-5-7-13(15)17/h5-8,10-12,18H,9H2,1-4H3. The van der Waals surface area contributed by atoms with E-state index < -0.39 is 0 Å². The largest absolute Gasteiger partial charge is 0.493 e. The molecule has 0 bridgehead atoms. The van der Waals surface area contributed by atoms with E-state index in [0.29, 0.717) is 18.4 Å². The molecule has 3 nitrogen and oxygen atoms in total. The van der Waals surface area contributed by atoms with Gasteiger partial charge in [0.1, 0.15) is 16.3 Å². The summed E-state index contributed by atoms with van der Waals surface area (Å²) in [6.07, 6.45) is 0. The third-order valence-corrected chi connectivity index (χ3v) is 5.38. The summed E-state index contributed by atoms with van der Waals surface area (Å²) in [5.41, 5.74) is 2.10. The lowest BCUT2D eigenvalue weighted by Crippen LogP contribution is -2.51. The molecule has 0 saturated heterocycles. The third kappa shape index (κ3) is 2.17. The van der Waals surface area contributed by atoms with Gasteiger partial charge in [0.05, 0.1) is 12.3 Å². The van der Waals surface area contributed by atoms with Crippen molar-refractivity contribution in [2.45, 2.75) is 32.2 Å². The van der Waals surface area contributed by atoms with Crippen molar-refractivity contribution >= 4 is 11.3 Å². The highest BCUT2D eigenvalue weighted by Gasteiger charge is 2.46. The number of rotatable bonds is 3. The number of aromatic nitrogens is 1. The van der Waals surface area contributed by atoms with Crippen molar-refractivity contribution in [3.05, 3.63) is 45.9 Å². The molecule has 1 aliphatic rings. The number of ether oxygens (including phenoxy) is 1. The van der Waals surface area contributed by atoms with Crippen LogP contribution in [0.15, 0.2) is 29.6 Å². The molecule has 1 aromatic heterocycles. The Bertz CT molecular complexity index is 637. The van der Waals surface area contributed by atoms with E-state index in [1.807, 2.05) is 19.2 Å². The van der Waals surface area contributed by atoms with Crippen LogP contribution < -0.4 is 10.1 Å². The van der Waals surface area contributed by atoms with Crippen LogP contribution in [-0.2, 0) is 5.54 Å². The lowest BCUT2D eigenvalue weighted by Gasteiger charge is -2.42. The van der Waals surface area contributed by atoms with Gasteiger partial charge in [-0.2, -0.15) is 0 Å². The molecule has 21 heavy (non-hydrogen) atoms. The highest BCUT2D eigenvalue weighted by Crippen LogP contribution is 2.45. The number of benzene rings is 1. The Labute approximate surface area is 130 Å². The average Bonchev–Trinajstić information content (AvgIpc) is 2.98. The van der Waals surface area contributed by atoms with Crippen LogP contribution in [-0.4, -0.2) is 18.6 Å². The monoisotopic (exact) mass is 302 g/mol. The molecule has 1 N–H and O–H groups in total. The molecule has 0 amide bonds. The van der Waals surface area contributed by atoms with E-state index in [1.54, 1.807) is 11.3 Å². The van der Waals surface area contributed by atoms with Gasteiger partial charge in [0.15, 0.2) is 0 Å². The predicted octanol–water partition coefficient (Wildman–Crippen LogP) is 3.76. The minimum absolute atomic E-state index is 0.257. The molecule has 0 radical (unpaired) electrons. The molecule has 0 fully saturated rings. The normalized spacial score (nSPS) is 24.7. The van der Waals surface area contributed by atoms with Crippen LogP contribution in [0.4, 0.5) is 0 Å². The zero-order chi connectivity index (χ0) is 15.0. The van der Waals surface area contributed by atoms with Crippen LogP contribution in [0.5, 0.6) is 5.75 Å². The summed E-state index contributed by atoms with van der Waals surface area (Å²) in [5.74, 6) is 1.74. The Morgan fingerprint density at radius 3 is 2.81 bits per heavy atom. The van der Waals surface area contributed by atoms with Gasteiger partial charge in [-0.3, -0.25) is 0 Å². The van der Waals surface area contributed by atoms with E-state index in [0.717, 1.165) is 10.8 Å². The van der Waals surface area contributed by atoms with E-state index in [-0.39, 0.29) is 5.54 Å². The summed E-state index contributed by atoms with van der Waals surface area (Å²) in [4.78, 5) is 4.93. The quantitative estimate of drug-likeness (QED) is 0.937. The second-order valence-electron chi connectivity index (χ2n) is 6.00. The first-order chi connectivity index (χ1) is 10.1.